The van der Waals surface area contributed by atoms with Crippen molar-refractivity contribution in [1.82, 2.24) is 15.0 Å². The molecule has 0 bridgehead atoms. The van der Waals surface area contributed by atoms with Gasteiger partial charge in [0.2, 0.25) is 0 Å². The number of carbonyl (C=O) groups is 1. The Bertz CT molecular complexity index is 474. The lowest BCUT2D eigenvalue weighted by atomic mass is 9.81. The van der Waals surface area contributed by atoms with Gasteiger partial charge >= 0.3 is 5.97 Å². The number of hydrogen-bond acceptors (Lipinski definition) is 4. The highest BCUT2D eigenvalue weighted by Gasteiger charge is 2.40. The topological polar surface area (TPSA) is 76.0 Å². The van der Waals surface area contributed by atoms with Crippen molar-refractivity contribution in [3.63, 3.8) is 0 Å². The lowest BCUT2D eigenvalue weighted by Gasteiger charge is -2.23. The molecule has 2 aromatic rings. The average molecular weight is 229 g/mol. The summed E-state index contributed by atoms with van der Waals surface area (Å²) in [5.41, 5.74) is -0.622. The van der Waals surface area contributed by atoms with Crippen LogP contribution in [0.5, 0.6) is 0 Å². The van der Waals surface area contributed by atoms with Crippen molar-refractivity contribution in [2.24, 2.45) is 0 Å². The molecule has 1 atom stereocenters. The Morgan fingerprint density at radius 2 is 1.76 bits per heavy atom. The molecule has 2 rings (SSSR count). The molecule has 5 heteroatoms. The van der Waals surface area contributed by atoms with Crippen LogP contribution < -0.4 is 0 Å². The van der Waals surface area contributed by atoms with E-state index in [2.05, 4.69) is 15.0 Å². The normalized spacial score (nSPS) is 13.9. The summed E-state index contributed by atoms with van der Waals surface area (Å²) in [6.07, 6.45) is 2.60. The minimum atomic E-state index is -1.26. The van der Waals surface area contributed by atoms with Gasteiger partial charge in [-0.3, -0.25) is 4.79 Å². The van der Waals surface area contributed by atoms with Gasteiger partial charge in [0.05, 0.1) is 0 Å². The van der Waals surface area contributed by atoms with E-state index in [9.17, 15) is 9.90 Å². The van der Waals surface area contributed by atoms with Crippen molar-refractivity contribution < 1.29 is 9.90 Å². The number of carboxylic acid groups (broad SMARTS) is 1. The summed E-state index contributed by atoms with van der Waals surface area (Å²) in [6, 6.07) is 8.91. The van der Waals surface area contributed by atoms with Crippen LogP contribution in [-0.4, -0.2) is 26.0 Å². The summed E-state index contributed by atoms with van der Waals surface area (Å²) in [4.78, 5) is 23.1. The molecule has 1 aromatic carbocycles. The summed E-state index contributed by atoms with van der Waals surface area (Å²) in [5, 5.41) is 9.44. The standard InChI is InChI=1S/C12H11N3O2/c1-12(11(16)17,9-5-3-2-4-6-9)10-14-7-13-8-15-10/h2-8H,1H3,(H,16,17). The highest BCUT2D eigenvalue weighted by Crippen LogP contribution is 2.29. The van der Waals surface area contributed by atoms with Gasteiger partial charge < -0.3 is 5.11 Å². The Labute approximate surface area is 98.2 Å². The molecule has 0 amide bonds. The number of benzene rings is 1. The number of aliphatic carboxylic acids is 1. The van der Waals surface area contributed by atoms with Crippen LogP contribution >= 0.6 is 0 Å². The molecule has 0 radical (unpaired) electrons. The number of carboxylic acids is 1. The summed E-state index contributed by atoms with van der Waals surface area (Å²) in [7, 11) is 0. The average Bonchev–Trinajstić information content (AvgIpc) is 2.39. The molecular weight excluding hydrogens is 218 g/mol. The molecule has 0 aliphatic rings. The van der Waals surface area contributed by atoms with Crippen molar-refractivity contribution in [2.75, 3.05) is 0 Å². The predicted molar refractivity (Wildman–Crippen MR) is 60.4 cm³/mol. The van der Waals surface area contributed by atoms with Gasteiger partial charge in [-0.05, 0) is 12.5 Å². The highest BCUT2D eigenvalue weighted by molar-refractivity contribution is 5.84. The summed E-state index contributed by atoms with van der Waals surface area (Å²) in [5.74, 6) is -0.763. The quantitative estimate of drug-likeness (QED) is 0.857. The van der Waals surface area contributed by atoms with Crippen LogP contribution in [0.2, 0.25) is 0 Å². The third-order valence-corrected chi connectivity index (χ3v) is 2.72. The Hall–Kier alpha value is -2.30. The number of nitrogens with zero attached hydrogens (tertiary/aromatic N) is 3. The zero-order valence-corrected chi connectivity index (χ0v) is 9.24. The van der Waals surface area contributed by atoms with Crippen LogP contribution in [0.4, 0.5) is 0 Å². The van der Waals surface area contributed by atoms with Crippen LogP contribution in [0, 0.1) is 0 Å². The van der Waals surface area contributed by atoms with Crippen molar-refractivity contribution in [2.45, 2.75) is 12.3 Å². The number of aromatic nitrogens is 3. The molecule has 0 aliphatic carbocycles. The first kappa shape index (κ1) is 11.2. The van der Waals surface area contributed by atoms with Gasteiger partial charge in [-0.1, -0.05) is 30.3 Å². The smallest absolute Gasteiger partial charge is 0.321 e. The third kappa shape index (κ3) is 1.87. The second-order valence-corrected chi connectivity index (χ2v) is 3.76. The SMILES string of the molecule is CC(C(=O)O)(c1ccccc1)c1ncncn1. The molecule has 0 spiro atoms. The van der Waals surface area contributed by atoms with Gasteiger partial charge in [0.1, 0.15) is 18.1 Å². The second-order valence-electron chi connectivity index (χ2n) is 3.76. The van der Waals surface area contributed by atoms with E-state index in [1.165, 1.54) is 12.7 Å². The predicted octanol–water partition coefficient (Wildman–Crippen LogP) is 1.26. The zero-order chi connectivity index (χ0) is 12.3. The monoisotopic (exact) mass is 229 g/mol. The molecule has 1 unspecified atom stereocenters. The summed E-state index contributed by atoms with van der Waals surface area (Å²) < 4.78 is 0. The Morgan fingerprint density at radius 3 is 2.29 bits per heavy atom. The fraction of sp³-hybridized carbons (Fsp3) is 0.167. The van der Waals surface area contributed by atoms with E-state index >= 15 is 0 Å². The van der Waals surface area contributed by atoms with Crippen molar-refractivity contribution in [3.05, 3.63) is 54.4 Å². The first-order valence-electron chi connectivity index (χ1n) is 5.07. The second kappa shape index (κ2) is 4.29. The molecule has 0 saturated heterocycles. The van der Waals surface area contributed by atoms with Crippen molar-refractivity contribution in [1.29, 1.82) is 0 Å². The summed E-state index contributed by atoms with van der Waals surface area (Å²) in [6.45, 7) is 1.58. The van der Waals surface area contributed by atoms with E-state index in [-0.39, 0.29) is 5.82 Å². The number of hydrogen-bond donors (Lipinski definition) is 1. The summed E-state index contributed by atoms with van der Waals surface area (Å²) >= 11 is 0. The van der Waals surface area contributed by atoms with E-state index in [1.54, 1.807) is 31.2 Å². The van der Waals surface area contributed by atoms with Gasteiger partial charge in [0, 0.05) is 0 Å². The molecule has 0 fully saturated rings. The van der Waals surface area contributed by atoms with Gasteiger partial charge in [0.25, 0.3) is 0 Å². The lowest BCUT2D eigenvalue weighted by molar-refractivity contribution is -0.141. The molecule has 17 heavy (non-hydrogen) atoms. The third-order valence-electron chi connectivity index (χ3n) is 2.72. The Balaban J connectivity index is 2.59. The molecule has 1 heterocycles. The van der Waals surface area contributed by atoms with E-state index < -0.39 is 11.4 Å². The molecule has 0 saturated carbocycles. The minimum Gasteiger partial charge on any atom is -0.480 e. The maximum atomic E-state index is 11.5. The lowest BCUT2D eigenvalue weighted by Crippen LogP contribution is -2.35. The number of rotatable bonds is 3. The molecule has 1 N–H and O–H groups in total. The van der Waals surface area contributed by atoms with Crippen molar-refractivity contribution >= 4 is 5.97 Å². The Kier molecular flexibility index (Phi) is 2.82. The Morgan fingerprint density at radius 1 is 1.18 bits per heavy atom. The maximum absolute atomic E-state index is 11.5. The molecule has 1 aromatic heterocycles. The minimum absolute atomic E-state index is 0.228. The fourth-order valence-electron chi connectivity index (χ4n) is 1.62. The van der Waals surface area contributed by atoms with Gasteiger partial charge in [-0.2, -0.15) is 0 Å². The van der Waals surface area contributed by atoms with Gasteiger partial charge in [-0.25, -0.2) is 15.0 Å². The highest BCUT2D eigenvalue weighted by atomic mass is 16.4. The van der Waals surface area contributed by atoms with Crippen LogP contribution in [0.15, 0.2) is 43.0 Å². The van der Waals surface area contributed by atoms with E-state index in [4.69, 9.17) is 0 Å². The maximum Gasteiger partial charge on any atom is 0.321 e. The largest absolute Gasteiger partial charge is 0.480 e. The van der Waals surface area contributed by atoms with Gasteiger partial charge in [0.15, 0.2) is 5.82 Å². The van der Waals surface area contributed by atoms with Crippen LogP contribution in [0.1, 0.15) is 18.3 Å². The van der Waals surface area contributed by atoms with Crippen LogP contribution in [0.25, 0.3) is 0 Å². The molecule has 5 nitrogen and oxygen atoms in total. The first-order chi connectivity index (χ1) is 8.15. The molecular formula is C12H11N3O2. The fourth-order valence-corrected chi connectivity index (χ4v) is 1.62. The first-order valence-corrected chi connectivity index (χ1v) is 5.07. The van der Waals surface area contributed by atoms with Crippen molar-refractivity contribution in [3.8, 4) is 0 Å². The van der Waals surface area contributed by atoms with Gasteiger partial charge in [-0.15, -0.1) is 0 Å². The van der Waals surface area contributed by atoms with E-state index in [0.29, 0.717) is 5.56 Å². The van der Waals surface area contributed by atoms with E-state index in [0.717, 1.165) is 0 Å². The zero-order valence-electron chi connectivity index (χ0n) is 9.24. The van der Waals surface area contributed by atoms with E-state index in [1.807, 2.05) is 6.07 Å². The van der Waals surface area contributed by atoms with Crippen LogP contribution in [0.3, 0.4) is 0 Å². The van der Waals surface area contributed by atoms with Crippen LogP contribution in [-0.2, 0) is 10.2 Å². The molecule has 0 aliphatic heterocycles. The molecule has 86 valence electrons.